The normalized spacial score (nSPS) is 21.9. The van der Waals surface area contributed by atoms with Gasteiger partial charge in [-0.2, -0.15) is 9.97 Å². The smallest absolute Gasteiger partial charge is 0.296 e. The summed E-state index contributed by atoms with van der Waals surface area (Å²) in [5, 5.41) is 0. The maximum atomic E-state index is 13.9. The van der Waals surface area contributed by atoms with Crippen molar-refractivity contribution in [3.8, 4) is 11.7 Å². The minimum Gasteiger partial charge on any atom is -0.474 e. The highest BCUT2D eigenvalue weighted by Gasteiger charge is 2.26. The molecule has 1 saturated carbocycles. The fourth-order valence-electron chi connectivity index (χ4n) is 4.16. The lowest BCUT2D eigenvalue weighted by atomic mass is 10.3. The van der Waals surface area contributed by atoms with Crippen LogP contribution in [0.25, 0.3) is 16.9 Å². The van der Waals surface area contributed by atoms with Gasteiger partial charge < -0.3 is 20.1 Å². The third-order valence-electron chi connectivity index (χ3n) is 5.69. The first-order valence-corrected chi connectivity index (χ1v) is 10.5. The molecule has 2 atom stereocenters. The van der Waals surface area contributed by atoms with E-state index >= 15 is 0 Å². The predicted molar refractivity (Wildman–Crippen MR) is 111 cm³/mol. The number of hydrogen-bond donors (Lipinski definition) is 1. The summed E-state index contributed by atoms with van der Waals surface area (Å²) in [4.78, 5) is 15.3. The average molecular weight is 430 g/mol. The number of halogens is 2. The first kappa shape index (κ1) is 20.1. The fraction of sp³-hybridized carbons (Fsp3) is 0.476. The Bertz CT molecular complexity index is 1070. The van der Waals surface area contributed by atoms with E-state index in [2.05, 4.69) is 15.0 Å². The van der Waals surface area contributed by atoms with E-state index in [9.17, 15) is 8.78 Å². The molecule has 31 heavy (non-hydrogen) atoms. The fourth-order valence-corrected chi connectivity index (χ4v) is 4.16. The largest absolute Gasteiger partial charge is 0.474 e. The summed E-state index contributed by atoms with van der Waals surface area (Å²) in [6.07, 6.45) is -0.344. The molecule has 1 unspecified atom stereocenters. The summed E-state index contributed by atoms with van der Waals surface area (Å²) in [5.74, 6) is 0.721. The summed E-state index contributed by atoms with van der Waals surface area (Å²) in [6.45, 7) is 2.34. The van der Waals surface area contributed by atoms with Crippen LogP contribution in [0.1, 0.15) is 31.5 Å². The Balaban J connectivity index is 1.61. The molecule has 164 valence electrons. The Morgan fingerprint density at radius 2 is 1.90 bits per heavy atom. The van der Waals surface area contributed by atoms with Crippen molar-refractivity contribution >= 4 is 17.0 Å². The Labute approximate surface area is 178 Å². The van der Waals surface area contributed by atoms with Gasteiger partial charge >= 0.3 is 0 Å². The highest BCUT2D eigenvalue weighted by Crippen LogP contribution is 2.30. The van der Waals surface area contributed by atoms with Crippen LogP contribution in [0.3, 0.4) is 0 Å². The Kier molecular flexibility index (Phi) is 5.41. The second-order valence-electron chi connectivity index (χ2n) is 7.87. The van der Waals surface area contributed by atoms with E-state index in [0.29, 0.717) is 55.0 Å². The molecule has 2 aliphatic rings. The lowest BCUT2D eigenvalue weighted by Crippen LogP contribution is -2.37. The SMILES string of the molecule is N[C@H]1CCC(Oc2cc(-n3c(C(F)F)nc4ccccc43)nc(N3CCOCC3)n2)C1. The monoisotopic (exact) mass is 430 g/mol. The van der Waals surface area contributed by atoms with Crippen LogP contribution in [0.15, 0.2) is 30.3 Å². The molecule has 2 N–H and O–H groups in total. The number of aromatic nitrogens is 4. The molecular formula is C21H24F2N6O2. The molecule has 2 aromatic heterocycles. The van der Waals surface area contributed by atoms with Crippen LogP contribution < -0.4 is 15.4 Å². The van der Waals surface area contributed by atoms with Gasteiger partial charge in [0.05, 0.1) is 24.2 Å². The number of anilines is 1. The third kappa shape index (κ3) is 4.05. The highest BCUT2D eigenvalue weighted by atomic mass is 19.3. The number of rotatable bonds is 5. The zero-order valence-electron chi connectivity index (χ0n) is 17.0. The molecule has 8 nitrogen and oxygen atoms in total. The maximum absolute atomic E-state index is 13.9. The quantitative estimate of drug-likeness (QED) is 0.666. The molecule has 2 fully saturated rings. The van der Waals surface area contributed by atoms with Crippen LogP contribution in [-0.2, 0) is 4.74 Å². The number of hydrogen-bond acceptors (Lipinski definition) is 7. The molecule has 3 heterocycles. The maximum Gasteiger partial charge on any atom is 0.296 e. The Hall–Kier alpha value is -2.85. The van der Waals surface area contributed by atoms with E-state index in [1.165, 1.54) is 4.57 Å². The van der Waals surface area contributed by atoms with Crippen molar-refractivity contribution in [1.29, 1.82) is 0 Å². The summed E-state index contributed by atoms with van der Waals surface area (Å²) in [7, 11) is 0. The van der Waals surface area contributed by atoms with Crippen molar-refractivity contribution in [1.82, 2.24) is 19.5 Å². The van der Waals surface area contributed by atoms with E-state index in [-0.39, 0.29) is 18.0 Å². The van der Waals surface area contributed by atoms with Gasteiger partial charge in [-0.1, -0.05) is 12.1 Å². The molecule has 10 heteroatoms. The number of ether oxygens (including phenoxy) is 2. The minimum atomic E-state index is -2.76. The third-order valence-corrected chi connectivity index (χ3v) is 5.69. The number of fused-ring (bicyclic) bond motifs is 1. The molecule has 3 aromatic rings. The van der Waals surface area contributed by atoms with Crippen LogP contribution in [0.5, 0.6) is 5.88 Å². The molecule has 1 aromatic carbocycles. The van der Waals surface area contributed by atoms with Crippen molar-refractivity contribution in [3.05, 3.63) is 36.2 Å². The summed E-state index contributed by atoms with van der Waals surface area (Å²) in [6, 6.07) is 8.73. The van der Waals surface area contributed by atoms with Crippen molar-refractivity contribution in [2.45, 2.75) is 37.8 Å². The Morgan fingerprint density at radius 1 is 1.10 bits per heavy atom. The number of nitrogens with zero attached hydrogens (tertiary/aromatic N) is 5. The second kappa shape index (κ2) is 8.35. The first-order chi connectivity index (χ1) is 15.1. The predicted octanol–water partition coefficient (Wildman–Crippen LogP) is 2.85. The van der Waals surface area contributed by atoms with Crippen LogP contribution in [0, 0.1) is 0 Å². The van der Waals surface area contributed by atoms with Crippen LogP contribution in [-0.4, -0.2) is 58.0 Å². The van der Waals surface area contributed by atoms with Crippen molar-refractivity contribution < 1.29 is 18.3 Å². The molecule has 0 bridgehead atoms. The summed E-state index contributed by atoms with van der Waals surface area (Å²) < 4.78 is 40.7. The lowest BCUT2D eigenvalue weighted by Gasteiger charge is -2.27. The molecule has 1 aliphatic carbocycles. The van der Waals surface area contributed by atoms with Gasteiger partial charge in [0.25, 0.3) is 6.43 Å². The Morgan fingerprint density at radius 3 is 2.65 bits per heavy atom. The van der Waals surface area contributed by atoms with Crippen molar-refractivity contribution in [3.63, 3.8) is 0 Å². The standard InChI is InChI=1S/C21H24F2N6O2/c22-19(23)20-25-15-3-1-2-4-16(15)29(20)17-12-18(31-14-6-5-13(24)11-14)27-21(26-17)28-7-9-30-10-8-28/h1-4,12-14,19H,5-11,24H2/t13-,14?/m0/s1. The number of benzene rings is 1. The van der Waals surface area contributed by atoms with E-state index in [4.69, 9.17) is 15.2 Å². The second-order valence-corrected chi connectivity index (χ2v) is 7.87. The molecule has 0 spiro atoms. The van der Waals surface area contributed by atoms with E-state index in [1.54, 1.807) is 30.3 Å². The number of imidazole rings is 1. The molecule has 1 saturated heterocycles. The zero-order valence-corrected chi connectivity index (χ0v) is 17.0. The van der Waals surface area contributed by atoms with E-state index in [0.717, 1.165) is 19.3 Å². The van der Waals surface area contributed by atoms with Gasteiger partial charge in [0.15, 0.2) is 5.82 Å². The molecule has 0 radical (unpaired) electrons. The molecular weight excluding hydrogens is 406 g/mol. The average Bonchev–Trinajstić information content (AvgIpc) is 3.37. The molecule has 5 rings (SSSR count). The first-order valence-electron chi connectivity index (χ1n) is 10.5. The van der Waals surface area contributed by atoms with Gasteiger partial charge in [0.2, 0.25) is 11.8 Å². The van der Waals surface area contributed by atoms with Gasteiger partial charge in [0.1, 0.15) is 11.9 Å². The van der Waals surface area contributed by atoms with Crippen LogP contribution in [0.4, 0.5) is 14.7 Å². The molecule has 1 aliphatic heterocycles. The zero-order chi connectivity index (χ0) is 21.4. The van der Waals surface area contributed by atoms with Gasteiger partial charge in [-0.3, -0.25) is 4.57 Å². The lowest BCUT2D eigenvalue weighted by molar-refractivity contribution is 0.121. The number of para-hydroxylation sites is 2. The highest BCUT2D eigenvalue weighted by molar-refractivity contribution is 5.78. The van der Waals surface area contributed by atoms with E-state index < -0.39 is 6.43 Å². The molecule has 0 amide bonds. The van der Waals surface area contributed by atoms with Crippen molar-refractivity contribution in [2.75, 3.05) is 31.2 Å². The van der Waals surface area contributed by atoms with Gasteiger partial charge in [-0.05, 0) is 31.4 Å². The van der Waals surface area contributed by atoms with Gasteiger partial charge in [-0.15, -0.1) is 0 Å². The number of alkyl halides is 2. The van der Waals surface area contributed by atoms with Gasteiger partial charge in [0, 0.05) is 25.2 Å². The van der Waals surface area contributed by atoms with Crippen LogP contribution in [0.2, 0.25) is 0 Å². The minimum absolute atomic E-state index is 0.0515. The van der Waals surface area contributed by atoms with Gasteiger partial charge in [-0.25, -0.2) is 13.8 Å². The number of morpholine rings is 1. The van der Waals surface area contributed by atoms with Crippen LogP contribution >= 0.6 is 0 Å². The summed E-state index contributed by atoms with van der Waals surface area (Å²) >= 11 is 0. The van der Waals surface area contributed by atoms with E-state index in [1.807, 2.05) is 4.90 Å². The number of nitrogens with two attached hydrogens (primary N) is 1. The van der Waals surface area contributed by atoms with Crippen molar-refractivity contribution in [2.24, 2.45) is 5.73 Å². The topological polar surface area (TPSA) is 91.3 Å². The summed E-state index contributed by atoms with van der Waals surface area (Å²) in [5.41, 5.74) is 7.05.